The van der Waals surface area contributed by atoms with Gasteiger partial charge in [0.1, 0.15) is 5.82 Å². The van der Waals surface area contributed by atoms with Gasteiger partial charge in [0.25, 0.3) is 0 Å². The molecular formula is C13H20FN. The second-order valence-corrected chi connectivity index (χ2v) is 4.04. The Bertz CT molecular complexity index is 294. The number of hydrogen-bond donors (Lipinski definition) is 1. The van der Waals surface area contributed by atoms with Gasteiger partial charge in [-0.1, -0.05) is 44.9 Å². The maximum atomic E-state index is 13.4. The quantitative estimate of drug-likeness (QED) is 0.792. The van der Waals surface area contributed by atoms with Gasteiger partial charge in [0.2, 0.25) is 0 Å². The molecule has 0 heterocycles. The third kappa shape index (κ3) is 3.31. The molecule has 1 nitrogen and oxygen atoms in total. The van der Waals surface area contributed by atoms with E-state index in [4.69, 9.17) is 5.73 Å². The predicted molar refractivity (Wildman–Crippen MR) is 62.2 cm³/mol. The monoisotopic (exact) mass is 209 g/mol. The molecule has 0 saturated heterocycles. The minimum Gasteiger partial charge on any atom is -0.327 e. The van der Waals surface area contributed by atoms with Gasteiger partial charge in [0.05, 0.1) is 0 Å². The molecule has 0 aliphatic rings. The molecule has 0 bridgehead atoms. The zero-order valence-corrected chi connectivity index (χ0v) is 9.54. The highest BCUT2D eigenvalue weighted by Crippen LogP contribution is 2.17. The Morgan fingerprint density at radius 2 is 1.80 bits per heavy atom. The van der Waals surface area contributed by atoms with Crippen LogP contribution in [0.1, 0.15) is 32.3 Å². The van der Waals surface area contributed by atoms with E-state index in [2.05, 4.69) is 13.8 Å². The third-order valence-electron chi connectivity index (χ3n) is 3.07. The molecule has 0 radical (unpaired) electrons. The van der Waals surface area contributed by atoms with Crippen LogP contribution in [0.15, 0.2) is 24.3 Å². The lowest BCUT2D eigenvalue weighted by molar-refractivity contribution is 0.390. The minimum atomic E-state index is -0.140. The molecule has 0 aromatic heterocycles. The summed E-state index contributed by atoms with van der Waals surface area (Å²) >= 11 is 0. The lowest BCUT2D eigenvalue weighted by atomic mass is 9.90. The van der Waals surface area contributed by atoms with Crippen molar-refractivity contribution in [2.45, 2.75) is 39.2 Å². The molecule has 0 aliphatic carbocycles. The number of rotatable bonds is 5. The normalized spacial score (nSPS) is 13.1. The molecule has 1 unspecified atom stereocenters. The largest absolute Gasteiger partial charge is 0.327 e. The average Bonchev–Trinajstić information content (AvgIpc) is 2.23. The van der Waals surface area contributed by atoms with E-state index in [9.17, 15) is 4.39 Å². The van der Waals surface area contributed by atoms with Crippen LogP contribution in [0, 0.1) is 11.7 Å². The van der Waals surface area contributed by atoms with Crippen molar-refractivity contribution in [1.29, 1.82) is 0 Å². The highest BCUT2D eigenvalue weighted by atomic mass is 19.1. The zero-order valence-electron chi connectivity index (χ0n) is 9.54. The van der Waals surface area contributed by atoms with Crippen LogP contribution in [-0.2, 0) is 6.42 Å². The SMILES string of the molecule is CCC(CC)C(N)Cc1ccccc1F. The molecule has 2 N–H and O–H groups in total. The van der Waals surface area contributed by atoms with E-state index in [1.165, 1.54) is 6.07 Å². The van der Waals surface area contributed by atoms with Gasteiger partial charge in [0.15, 0.2) is 0 Å². The molecule has 1 aromatic carbocycles. The van der Waals surface area contributed by atoms with Crippen LogP contribution in [0.3, 0.4) is 0 Å². The fourth-order valence-electron chi connectivity index (χ4n) is 1.98. The lowest BCUT2D eigenvalue weighted by Crippen LogP contribution is -2.31. The highest BCUT2D eigenvalue weighted by molar-refractivity contribution is 5.18. The Morgan fingerprint density at radius 1 is 1.20 bits per heavy atom. The van der Waals surface area contributed by atoms with Crippen LogP contribution in [0.25, 0.3) is 0 Å². The smallest absolute Gasteiger partial charge is 0.126 e. The van der Waals surface area contributed by atoms with Gasteiger partial charge in [-0.15, -0.1) is 0 Å². The van der Waals surface area contributed by atoms with Crippen molar-refractivity contribution in [3.8, 4) is 0 Å². The van der Waals surface area contributed by atoms with E-state index < -0.39 is 0 Å². The van der Waals surface area contributed by atoms with Crippen molar-refractivity contribution >= 4 is 0 Å². The zero-order chi connectivity index (χ0) is 11.3. The molecule has 0 saturated carbocycles. The molecule has 1 rings (SSSR count). The van der Waals surface area contributed by atoms with Crippen LogP contribution in [0.4, 0.5) is 4.39 Å². The molecule has 0 aliphatic heterocycles. The van der Waals surface area contributed by atoms with Crippen molar-refractivity contribution < 1.29 is 4.39 Å². The summed E-state index contributed by atoms with van der Waals surface area (Å²) in [5.41, 5.74) is 6.81. The van der Waals surface area contributed by atoms with Crippen LogP contribution < -0.4 is 5.73 Å². The van der Waals surface area contributed by atoms with Gasteiger partial charge >= 0.3 is 0 Å². The number of halogens is 1. The van der Waals surface area contributed by atoms with Crippen LogP contribution in [0.2, 0.25) is 0 Å². The first-order chi connectivity index (χ1) is 7.19. The summed E-state index contributed by atoms with van der Waals surface area (Å²) in [6, 6.07) is 6.95. The summed E-state index contributed by atoms with van der Waals surface area (Å²) in [7, 11) is 0. The maximum absolute atomic E-state index is 13.4. The highest BCUT2D eigenvalue weighted by Gasteiger charge is 2.15. The van der Waals surface area contributed by atoms with E-state index in [1.807, 2.05) is 12.1 Å². The maximum Gasteiger partial charge on any atom is 0.126 e. The molecule has 2 heteroatoms. The third-order valence-corrected chi connectivity index (χ3v) is 3.07. The number of hydrogen-bond acceptors (Lipinski definition) is 1. The molecular weight excluding hydrogens is 189 g/mol. The molecule has 15 heavy (non-hydrogen) atoms. The van der Waals surface area contributed by atoms with Crippen LogP contribution in [0.5, 0.6) is 0 Å². The molecule has 0 fully saturated rings. The second-order valence-electron chi connectivity index (χ2n) is 4.04. The Hall–Kier alpha value is -0.890. The summed E-state index contributed by atoms with van der Waals surface area (Å²) in [6.07, 6.45) is 2.76. The summed E-state index contributed by atoms with van der Waals surface area (Å²) in [5.74, 6) is 0.350. The molecule has 1 atom stereocenters. The number of benzene rings is 1. The van der Waals surface area contributed by atoms with Gasteiger partial charge in [-0.2, -0.15) is 0 Å². The Balaban J connectivity index is 2.65. The van der Waals surface area contributed by atoms with E-state index in [0.717, 1.165) is 18.4 Å². The minimum absolute atomic E-state index is 0.0666. The van der Waals surface area contributed by atoms with E-state index >= 15 is 0 Å². The van der Waals surface area contributed by atoms with Crippen LogP contribution in [-0.4, -0.2) is 6.04 Å². The summed E-state index contributed by atoms with van der Waals surface area (Å²) in [6.45, 7) is 4.27. The van der Waals surface area contributed by atoms with E-state index in [0.29, 0.717) is 12.3 Å². The van der Waals surface area contributed by atoms with Crippen molar-refractivity contribution in [1.82, 2.24) is 0 Å². The molecule has 0 amide bonds. The molecule has 84 valence electrons. The summed E-state index contributed by atoms with van der Waals surface area (Å²) in [5, 5.41) is 0. The van der Waals surface area contributed by atoms with Gasteiger partial charge in [-0.25, -0.2) is 4.39 Å². The van der Waals surface area contributed by atoms with Gasteiger partial charge in [-0.3, -0.25) is 0 Å². The van der Waals surface area contributed by atoms with Gasteiger partial charge < -0.3 is 5.73 Å². The Morgan fingerprint density at radius 3 is 2.33 bits per heavy atom. The van der Waals surface area contributed by atoms with Crippen LogP contribution >= 0.6 is 0 Å². The van der Waals surface area contributed by atoms with E-state index in [-0.39, 0.29) is 11.9 Å². The topological polar surface area (TPSA) is 26.0 Å². The van der Waals surface area contributed by atoms with Crippen molar-refractivity contribution in [2.24, 2.45) is 11.7 Å². The average molecular weight is 209 g/mol. The second kappa shape index (κ2) is 5.86. The Labute approximate surface area is 91.5 Å². The fourth-order valence-corrected chi connectivity index (χ4v) is 1.98. The summed E-state index contributed by atoms with van der Waals surface area (Å²) < 4.78 is 13.4. The molecule has 1 aromatic rings. The van der Waals surface area contributed by atoms with Crippen molar-refractivity contribution in [2.75, 3.05) is 0 Å². The predicted octanol–water partition coefficient (Wildman–Crippen LogP) is 3.13. The standard InChI is InChI=1S/C13H20FN/c1-3-10(4-2)13(15)9-11-7-5-6-8-12(11)14/h5-8,10,13H,3-4,9,15H2,1-2H3. The van der Waals surface area contributed by atoms with Gasteiger partial charge in [-0.05, 0) is 24.0 Å². The van der Waals surface area contributed by atoms with Crippen molar-refractivity contribution in [3.05, 3.63) is 35.6 Å². The lowest BCUT2D eigenvalue weighted by Gasteiger charge is -2.21. The Kier molecular flexibility index (Phi) is 4.76. The first-order valence-corrected chi connectivity index (χ1v) is 5.68. The number of nitrogens with two attached hydrogens (primary N) is 1. The van der Waals surface area contributed by atoms with Gasteiger partial charge in [0, 0.05) is 6.04 Å². The summed E-state index contributed by atoms with van der Waals surface area (Å²) in [4.78, 5) is 0. The first kappa shape index (κ1) is 12.2. The molecule has 0 spiro atoms. The van der Waals surface area contributed by atoms with E-state index in [1.54, 1.807) is 6.07 Å². The first-order valence-electron chi connectivity index (χ1n) is 5.68. The fraction of sp³-hybridized carbons (Fsp3) is 0.538. The van der Waals surface area contributed by atoms with Crippen molar-refractivity contribution in [3.63, 3.8) is 0 Å².